The molecule has 0 aliphatic rings. The van der Waals surface area contributed by atoms with Crippen LogP contribution in [0.2, 0.25) is 0 Å². The second-order valence-corrected chi connectivity index (χ2v) is 2.83. The number of carbonyl (C=O) groups is 2. The van der Waals surface area contributed by atoms with E-state index < -0.39 is 15.4 Å². The molecule has 0 fully saturated rings. The quantitative estimate of drug-likeness (QED) is 0.306. The third-order valence-electron chi connectivity index (χ3n) is 0.612. The van der Waals surface area contributed by atoms with Gasteiger partial charge in [0.05, 0.1) is 0 Å². The third kappa shape index (κ3) is 2.34. The van der Waals surface area contributed by atoms with Crippen molar-refractivity contribution in [3.05, 3.63) is 0 Å². The third-order valence-corrected chi connectivity index (χ3v) is 1.52. The Hall–Kier alpha value is -0.750. The fourth-order valence-electron chi connectivity index (χ4n) is 0.172. The Labute approximate surface area is 51.4 Å². The molecule has 52 valence electrons. The molecule has 0 aromatic rings. The van der Waals surface area contributed by atoms with E-state index in [2.05, 4.69) is 0 Å². The largest absolute Gasteiger partial charge is 0.301 e. The van der Waals surface area contributed by atoms with Crippen LogP contribution >= 0.6 is 0 Å². The molecule has 0 spiro atoms. The molecule has 0 amide bonds. The zero-order chi connectivity index (χ0) is 7.49. The molecule has 9 heavy (non-hydrogen) atoms. The molecule has 0 radical (unpaired) electrons. The molecule has 0 aromatic carbocycles. The standard InChI is InChI=1S/C3H4O5S/c4-1-3(2-5)9(6,7)8/h1-3H,(H,6,7,8). The SMILES string of the molecule is O=CC(C=O)S(=O)(=O)O. The Balaban J connectivity index is 4.51. The van der Waals surface area contributed by atoms with Crippen molar-refractivity contribution in [1.29, 1.82) is 0 Å². The lowest BCUT2D eigenvalue weighted by molar-refractivity contribution is -0.113. The summed E-state index contributed by atoms with van der Waals surface area (Å²) in [7, 11) is -4.50. The molecule has 0 saturated heterocycles. The van der Waals surface area contributed by atoms with Gasteiger partial charge in [0.25, 0.3) is 10.1 Å². The van der Waals surface area contributed by atoms with Gasteiger partial charge in [-0.15, -0.1) is 0 Å². The van der Waals surface area contributed by atoms with Gasteiger partial charge in [0.15, 0.2) is 5.25 Å². The van der Waals surface area contributed by atoms with E-state index in [0.29, 0.717) is 0 Å². The molecule has 0 atom stereocenters. The van der Waals surface area contributed by atoms with E-state index in [1.807, 2.05) is 0 Å². The van der Waals surface area contributed by atoms with Gasteiger partial charge in [-0.05, 0) is 0 Å². The van der Waals surface area contributed by atoms with Crippen molar-refractivity contribution < 1.29 is 22.6 Å². The van der Waals surface area contributed by atoms with Crippen molar-refractivity contribution in [2.45, 2.75) is 5.25 Å². The molecule has 5 nitrogen and oxygen atoms in total. The zero-order valence-corrected chi connectivity index (χ0v) is 5.04. The van der Waals surface area contributed by atoms with Gasteiger partial charge in [0.2, 0.25) is 0 Å². The number of carbonyl (C=O) groups excluding carboxylic acids is 2. The first-order valence-electron chi connectivity index (χ1n) is 1.89. The highest BCUT2D eigenvalue weighted by molar-refractivity contribution is 7.87. The lowest BCUT2D eigenvalue weighted by Crippen LogP contribution is -2.22. The monoisotopic (exact) mass is 152 g/mol. The Morgan fingerprint density at radius 1 is 1.22 bits per heavy atom. The molecule has 0 saturated carbocycles. The highest BCUT2D eigenvalue weighted by atomic mass is 32.2. The lowest BCUT2D eigenvalue weighted by atomic mass is 10.5. The Bertz CT molecular complexity index is 194. The first-order valence-corrected chi connectivity index (χ1v) is 3.39. The Kier molecular flexibility index (Phi) is 2.47. The van der Waals surface area contributed by atoms with Crippen LogP contribution in [0.1, 0.15) is 0 Å². The van der Waals surface area contributed by atoms with Crippen LogP contribution in [0.15, 0.2) is 0 Å². The molecule has 6 heteroatoms. The molecule has 0 aliphatic carbocycles. The minimum Gasteiger partial charge on any atom is -0.301 e. The van der Waals surface area contributed by atoms with Crippen molar-refractivity contribution in [1.82, 2.24) is 0 Å². The average Bonchev–Trinajstić information content (AvgIpc) is 1.65. The maximum atomic E-state index is 9.89. The van der Waals surface area contributed by atoms with Crippen LogP contribution in [0.4, 0.5) is 0 Å². The van der Waals surface area contributed by atoms with Gasteiger partial charge in [0.1, 0.15) is 12.6 Å². The van der Waals surface area contributed by atoms with Crippen molar-refractivity contribution in [2.75, 3.05) is 0 Å². The summed E-state index contributed by atoms with van der Waals surface area (Å²) in [5.74, 6) is 0. The Morgan fingerprint density at radius 2 is 1.56 bits per heavy atom. The number of hydrogen-bond acceptors (Lipinski definition) is 4. The summed E-state index contributed by atoms with van der Waals surface area (Å²) in [6.45, 7) is 0. The van der Waals surface area contributed by atoms with E-state index >= 15 is 0 Å². The van der Waals surface area contributed by atoms with Gasteiger partial charge >= 0.3 is 0 Å². The Morgan fingerprint density at radius 3 is 1.56 bits per heavy atom. The number of aldehydes is 2. The fraction of sp³-hybridized carbons (Fsp3) is 0.333. The summed E-state index contributed by atoms with van der Waals surface area (Å²) in [5.41, 5.74) is 0. The van der Waals surface area contributed by atoms with Crippen molar-refractivity contribution in [3.8, 4) is 0 Å². The predicted molar refractivity (Wildman–Crippen MR) is 27.5 cm³/mol. The number of hydrogen-bond donors (Lipinski definition) is 1. The first-order chi connectivity index (χ1) is 4.02. The molecule has 0 bridgehead atoms. The predicted octanol–water partition coefficient (Wildman–Crippen LogP) is -1.36. The molecule has 0 heterocycles. The maximum Gasteiger partial charge on any atom is 0.281 e. The molecular weight excluding hydrogens is 148 g/mol. The van der Waals surface area contributed by atoms with E-state index in [1.54, 1.807) is 0 Å². The van der Waals surface area contributed by atoms with Crippen LogP contribution in [0, 0.1) is 0 Å². The van der Waals surface area contributed by atoms with E-state index in [0.717, 1.165) is 0 Å². The van der Waals surface area contributed by atoms with Crippen LogP contribution in [0.3, 0.4) is 0 Å². The summed E-state index contributed by atoms with van der Waals surface area (Å²) in [6.07, 6.45) is -0.301. The van der Waals surface area contributed by atoms with Crippen LogP contribution in [-0.4, -0.2) is 30.8 Å². The van der Waals surface area contributed by atoms with Crippen LogP contribution in [-0.2, 0) is 19.7 Å². The van der Waals surface area contributed by atoms with E-state index in [-0.39, 0.29) is 12.6 Å². The van der Waals surface area contributed by atoms with Crippen molar-refractivity contribution in [3.63, 3.8) is 0 Å². The highest BCUT2D eigenvalue weighted by Crippen LogP contribution is 1.88. The van der Waals surface area contributed by atoms with Crippen LogP contribution in [0.5, 0.6) is 0 Å². The number of rotatable bonds is 3. The molecule has 0 aromatic heterocycles. The molecule has 0 rings (SSSR count). The van der Waals surface area contributed by atoms with Crippen LogP contribution < -0.4 is 0 Å². The summed E-state index contributed by atoms with van der Waals surface area (Å²) < 4.78 is 27.8. The summed E-state index contributed by atoms with van der Waals surface area (Å²) >= 11 is 0. The molecule has 0 unspecified atom stereocenters. The highest BCUT2D eigenvalue weighted by Gasteiger charge is 2.20. The summed E-state index contributed by atoms with van der Waals surface area (Å²) in [6, 6.07) is 0. The first kappa shape index (κ1) is 8.25. The van der Waals surface area contributed by atoms with Gasteiger partial charge < -0.3 is 9.59 Å². The maximum absolute atomic E-state index is 9.89. The smallest absolute Gasteiger partial charge is 0.281 e. The van der Waals surface area contributed by atoms with Gasteiger partial charge in [-0.25, -0.2) is 0 Å². The van der Waals surface area contributed by atoms with Gasteiger partial charge in [0, 0.05) is 0 Å². The topological polar surface area (TPSA) is 88.5 Å². The second-order valence-electron chi connectivity index (χ2n) is 1.25. The summed E-state index contributed by atoms with van der Waals surface area (Å²) in [5, 5.41) is -1.93. The average molecular weight is 152 g/mol. The molecule has 0 aliphatic heterocycles. The molecule has 1 N–H and O–H groups in total. The minimum absolute atomic E-state index is 0.150. The van der Waals surface area contributed by atoms with E-state index in [9.17, 15) is 18.0 Å². The zero-order valence-electron chi connectivity index (χ0n) is 4.22. The molecular formula is C3H4O5S. The van der Waals surface area contributed by atoms with Crippen molar-refractivity contribution in [2.24, 2.45) is 0 Å². The van der Waals surface area contributed by atoms with Gasteiger partial charge in [-0.3, -0.25) is 4.55 Å². The van der Waals surface area contributed by atoms with Gasteiger partial charge in [-0.2, -0.15) is 8.42 Å². The van der Waals surface area contributed by atoms with E-state index in [1.165, 1.54) is 0 Å². The van der Waals surface area contributed by atoms with Gasteiger partial charge in [-0.1, -0.05) is 0 Å². The van der Waals surface area contributed by atoms with Crippen molar-refractivity contribution >= 4 is 22.7 Å². The van der Waals surface area contributed by atoms with E-state index in [4.69, 9.17) is 4.55 Å². The fourth-order valence-corrected chi connectivity index (χ4v) is 0.453. The normalized spacial score (nSPS) is 11.3. The summed E-state index contributed by atoms with van der Waals surface area (Å²) in [4.78, 5) is 19.2. The van der Waals surface area contributed by atoms with Crippen LogP contribution in [0.25, 0.3) is 0 Å². The lowest BCUT2D eigenvalue weighted by Gasteiger charge is -1.92. The second kappa shape index (κ2) is 2.70. The minimum atomic E-state index is -4.50.